The number of anilines is 1. The van der Waals surface area contributed by atoms with E-state index in [4.69, 9.17) is 10.5 Å². The molecular weight excluding hydrogens is 266 g/mol. The Morgan fingerprint density at radius 3 is 2.62 bits per heavy atom. The van der Waals surface area contributed by atoms with Gasteiger partial charge in [-0.05, 0) is 42.4 Å². The van der Waals surface area contributed by atoms with E-state index in [0.29, 0.717) is 25.1 Å². The van der Waals surface area contributed by atoms with Crippen LogP contribution in [0.1, 0.15) is 51.7 Å². The molecule has 0 saturated carbocycles. The van der Waals surface area contributed by atoms with Crippen molar-refractivity contribution in [2.75, 3.05) is 12.3 Å². The van der Waals surface area contributed by atoms with Crippen LogP contribution in [0.3, 0.4) is 0 Å². The van der Waals surface area contributed by atoms with Crippen LogP contribution in [0.4, 0.5) is 5.69 Å². The Bertz CT molecular complexity index is 547. The van der Waals surface area contributed by atoms with E-state index in [9.17, 15) is 9.90 Å². The highest BCUT2D eigenvalue weighted by Crippen LogP contribution is 2.41. The third-order valence-corrected chi connectivity index (χ3v) is 4.41. The molecule has 0 spiro atoms. The number of aliphatic carboxylic acids is 1. The molecule has 3 N–H and O–H groups in total. The Morgan fingerprint density at radius 2 is 2.10 bits per heavy atom. The number of nitrogens with two attached hydrogens (primary N) is 1. The summed E-state index contributed by atoms with van der Waals surface area (Å²) in [7, 11) is 0. The number of carboxylic acids is 1. The largest absolute Gasteiger partial charge is 0.481 e. The van der Waals surface area contributed by atoms with Gasteiger partial charge in [-0.15, -0.1) is 0 Å². The van der Waals surface area contributed by atoms with Crippen LogP contribution in [-0.2, 0) is 20.4 Å². The van der Waals surface area contributed by atoms with Crippen LogP contribution in [-0.4, -0.2) is 23.8 Å². The van der Waals surface area contributed by atoms with Gasteiger partial charge < -0.3 is 15.6 Å². The lowest BCUT2D eigenvalue weighted by Gasteiger charge is -2.38. The van der Waals surface area contributed by atoms with E-state index in [2.05, 4.69) is 20.8 Å². The van der Waals surface area contributed by atoms with Crippen molar-refractivity contribution in [1.29, 1.82) is 0 Å². The summed E-state index contributed by atoms with van der Waals surface area (Å²) in [6, 6.07) is 5.79. The molecule has 116 valence electrons. The Kier molecular flexibility index (Phi) is 4.02. The standard InChI is InChI=1S/C17H25NO3/c1-11-10-17(15(19)20,7-8-21-11)13-9-12(16(2,3)4)5-6-14(13)18/h5-6,9,11H,7-8,10,18H2,1-4H3,(H,19,20). The fraction of sp³-hybridized carbons (Fsp3) is 0.588. The van der Waals surface area contributed by atoms with E-state index < -0.39 is 11.4 Å². The maximum absolute atomic E-state index is 12.0. The number of carboxylic acid groups (broad SMARTS) is 1. The molecule has 2 unspecified atom stereocenters. The molecule has 1 aromatic rings. The van der Waals surface area contributed by atoms with Crippen molar-refractivity contribution in [2.45, 2.75) is 57.5 Å². The molecule has 0 aromatic heterocycles. The summed E-state index contributed by atoms with van der Waals surface area (Å²) in [4.78, 5) is 12.0. The van der Waals surface area contributed by atoms with Crippen LogP contribution >= 0.6 is 0 Å². The molecule has 1 saturated heterocycles. The molecule has 2 rings (SSSR count). The molecule has 1 aromatic carbocycles. The average Bonchev–Trinajstić information content (AvgIpc) is 2.37. The van der Waals surface area contributed by atoms with Gasteiger partial charge in [0.05, 0.1) is 11.5 Å². The first-order valence-corrected chi connectivity index (χ1v) is 7.42. The molecule has 0 amide bonds. The van der Waals surface area contributed by atoms with Crippen LogP contribution in [0.25, 0.3) is 0 Å². The van der Waals surface area contributed by atoms with Gasteiger partial charge in [0, 0.05) is 12.3 Å². The maximum atomic E-state index is 12.0. The SMILES string of the molecule is CC1CC(C(=O)O)(c2cc(C(C)(C)C)ccc2N)CCO1. The number of hydrogen-bond acceptors (Lipinski definition) is 3. The fourth-order valence-corrected chi connectivity index (χ4v) is 3.08. The summed E-state index contributed by atoms with van der Waals surface area (Å²) < 4.78 is 5.54. The minimum Gasteiger partial charge on any atom is -0.481 e. The van der Waals surface area contributed by atoms with Crippen LogP contribution in [0.15, 0.2) is 18.2 Å². The molecule has 2 atom stereocenters. The van der Waals surface area contributed by atoms with E-state index in [0.717, 1.165) is 11.1 Å². The van der Waals surface area contributed by atoms with Crippen LogP contribution in [0.5, 0.6) is 0 Å². The van der Waals surface area contributed by atoms with Crippen molar-refractivity contribution in [3.05, 3.63) is 29.3 Å². The zero-order valence-corrected chi connectivity index (χ0v) is 13.3. The summed E-state index contributed by atoms with van der Waals surface area (Å²) in [5.41, 5.74) is 7.54. The average molecular weight is 291 g/mol. The highest BCUT2D eigenvalue weighted by atomic mass is 16.5. The minimum atomic E-state index is -0.941. The van der Waals surface area contributed by atoms with Crippen molar-refractivity contribution in [3.8, 4) is 0 Å². The zero-order chi connectivity index (χ0) is 15.8. The summed E-state index contributed by atoms with van der Waals surface area (Å²) in [5, 5.41) is 9.87. The molecule has 4 heteroatoms. The van der Waals surface area contributed by atoms with Crippen molar-refractivity contribution in [1.82, 2.24) is 0 Å². The van der Waals surface area contributed by atoms with E-state index in [1.807, 2.05) is 25.1 Å². The van der Waals surface area contributed by atoms with Gasteiger partial charge in [-0.25, -0.2) is 0 Å². The summed E-state index contributed by atoms with van der Waals surface area (Å²) in [6.45, 7) is 8.71. The second kappa shape index (κ2) is 5.34. The predicted molar refractivity (Wildman–Crippen MR) is 83.5 cm³/mol. The lowest BCUT2D eigenvalue weighted by molar-refractivity contribution is -0.150. The van der Waals surface area contributed by atoms with Gasteiger partial charge >= 0.3 is 5.97 Å². The van der Waals surface area contributed by atoms with Crippen molar-refractivity contribution < 1.29 is 14.6 Å². The fourth-order valence-electron chi connectivity index (χ4n) is 3.08. The smallest absolute Gasteiger partial charge is 0.314 e. The molecule has 1 fully saturated rings. The second-order valence-electron chi connectivity index (χ2n) is 7.07. The number of benzene rings is 1. The van der Waals surface area contributed by atoms with Gasteiger partial charge in [-0.3, -0.25) is 4.79 Å². The van der Waals surface area contributed by atoms with Crippen molar-refractivity contribution in [3.63, 3.8) is 0 Å². The molecule has 4 nitrogen and oxygen atoms in total. The molecule has 0 radical (unpaired) electrons. The Labute approximate surface area is 126 Å². The van der Waals surface area contributed by atoms with Gasteiger partial charge in [0.1, 0.15) is 0 Å². The number of rotatable bonds is 2. The topological polar surface area (TPSA) is 72.5 Å². The van der Waals surface area contributed by atoms with Gasteiger partial charge in [-0.1, -0.05) is 32.9 Å². The number of carbonyl (C=O) groups is 1. The first-order valence-electron chi connectivity index (χ1n) is 7.42. The van der Waals surface area contributed by atoms with Crippen molar-refractivity contribution >= 4 is 11.7 Å². The minimum absolute atomic E-state index is 0.0427. The van der Waals surface area contributed by atoms with Crippen LogP contribution in [0.2, 0.25) is 0 Å². The van der Waals surface area contributed by atoms with E-state index >= 15 is 0 Å². The van der Waals surface area contributed by atoms with Crippen LogP contribution < -0.4 is 5.73 Å². The third-order valence-electron chi connectivity index (χ3n) is 4.41. The first kappa shape index (κ1) is 15.8. The number of nitrogen functional groups attached to an aromatic ring is 1. The van der Waals surface area contributed by atoms with Gasteiger partial charge in [0.25, 0.3) is 0 Å². The molecule has 0 aliphatic carbocycles. The zero-order valence-electron chi connectivity index (χ0n) is 13.3. The molecule has 21 heavy (non-hydrogen) atoms. The monoisotopic (exact) mass is 291 g/mol. The highest BCUT2D eigenvalue weighted by molar-refractivity contribution is 5.84. The number of hydrogen-bond donors (Lipinski definition) is 2. The van der Waals surface area contributed by atoms with Gasteiger partial charge in [-0.2, -0.15) is 0 Å². The molecule has 1 heterocycles. The van der Waals surface area contributed by atoms with Crippen LogP contribution in [0, 0.1) is 0 Å². The Balaban J connectivity index is 2.58. The van der Waals surface area contributed by atoms with Crippen molar-refractivity contribution in [2.24, 2.45) is 0 Å². The van der Waals surface area contributed by atoms with E-state index in [1.54, 1.807) is 0 Å². The maximum Gasteiger partial charge on any atom is 0.314 e. The quantitative estimate of drug-likeness (QED) is 0.821. The van der Waals surface area contributed by atoms with Gasteiger partial charge in [0.2, 0.25) is 0 Å². The lowest BCUT2D eigenvalue weighted by Crippen LogP contribution is -2.44. The van der Waals surface area contributed by atoms with E-state index in [1.165, 1.54) is 0 Å². The number of ether oxygens (including phenoxy) is 1. The Hall–Kier alpha value is -1.55. The first-order chi connectivity index (χ1) is 9.67. The summed E-state index contributed by atoms with van der Waals surface area (Å²) in [6.07, 6.45) is 0.845. The molecule has 1 aliphatic rings. The summed E-state index contributed by atoms with van der Waals surface area (Å²) >= 11 is 0. The third kappa shape index (κ3) is 2.91. The molecule has 1 aliphatic heterocycles. The Morgan fingerprint density at radius 1 is 1.43 bits per heavy atom. The summed E-state index contributed by atoms with van der Waals surface area (Å²) in [5.74, 6) is -0.810. The molecular formula is C17H25NO3. The lowest BCUT2D eigenvalue weighted by atomic mass is 9.70. The predicted octanol–water partition coefficient (Wildman–Crippen LogP) is 3.09. The molecule has 0 bridgehead atoms. The van der Waals surface area contributed by atoms with Gasteiger partial charge in [0.15, 0.2) is 0 Å². The van der Waals surface area contributed by atoms with E-state index in [-0.39, 0.29) is 11.5 Å². The normalized spacial score (nSPS) is 26.6. The highest BCUT2D eigenvalue weighted by Gasteiger charge is 2.45. The second-order valence-corrected chi connectivity index (χ2v) is 7.07.